The highest BCUT2D eigenvalue weighted by atomic mass is 19.1. The Kier molecular flexibility index (Phi) is 3.91. The number of piperazine rings is 1. The average Bonchev–Trinajstić information content (AvgIpc) is 2.55. The van der Waals surface area contributed by atoms with Crippen molar-refractivity contribution < 1.29 is 14.3 Å². The summed E-state index contributed by atoms with van der Waals surface area (Å²) in [6.07, 6.45) is 2.72. The van der Waals surface area contributed by atoms with Gasteiger partial charge in [0.15, 0.2) is 0 Å². The van der Waals surface area contributed by atoms with E-state index in [2.05, 4.69) is 4.98 Å². The molecule has 0 spiro atoms. The second-order valence-electron chi connectivity index (χ2n) is 5.16. The fourth-order valence-corrected chi connectivity index (χ4v) is 2.59. The second kappa shape index (κ2) is 6.01. The third-order valence-corrected chi connectivity index (χ3v) is 3.73. The minimum absolute atomic E-state index is 0.0316. The Bertz CT molecular complexity index is 685. The van der Waals surface area contributed by atoms with E-state index >= 15 is 0 Å². The third-order valence-electron chi connectivity index (χ3n) is 3.73. The van der Waals surface area contributed by atoms with Crippen molar-refractivity contribution in [3.05, 3.63) is 54.1 Å². The molecule has 1 aromatic carbocycles. The summed E-state index contributed by atoms with van der Waals surface area (Å²) in [7, 11) is 0. The van der Waals surface area contributed by atoms with Crippen molar-refractivity contribution >= 4 is 11.6 Å². The lowest BCUT2D eigenvalue weighted by Crippen LogP contribution is -2.49. The standard InChI is InChI=1S/C16H16FN3O2/c17-14-3-1-2-4-15(14)19-5-7-20(8-6-19)16(22)12-9-13(21)11-18-10-12/h1-4,9-11,21H,5-8H2. The monoisotopic (exact) mass is 301 g/mol. The molecule has 1 N–H and O–H groups in total. The first kappa shape index (κ1) is 14.3. The van der Waals surface area contributed by atoms with Crippen LogP contribution in [0.2, 0.25) is 0 Å². The second-order valence-corrected chi connectivity index (χ2v) is 5.16. The van der Waals surface area contributed by atoms with Crippen LogP contribution in [0.3, 0.4) is 0 Å². The van der Waals surface area contributed by atoms with Crippen LogP contribution in [-0.2, 0) is 0 Å². The topological polar surface area (TPSA) is 56.7 Å². The lowest BCUT2D eigenvalue weighted by atomic mass is 10.2. The highest BCUT2D eigenvalue weighted by Gasteiger charge is 2.23. The highest BCUT2D eigenvalue weighted by molar-refractivity contribution is 5.94. The van der Waals surface area contributed by atoms with Crippen molar-refractivity contribution in [3.63, 3.8) is 0 Å². The molecule has 0 radical (unpaired) electrons. The van der Waals surface area contributed by atoms with E-state index < -0.39 is 0 Å². The summed E-state index contributed by atoms with van der Waals surface area (Å²) in [6.45, 7) is 2.14. The summed E-state index contributed by atoms with van der Waals surface area (Å²) in [5.41, 5.74) is 0.924. The minimum atomic E-state index is -0.251. The number of carbonyl (C=O) groups is 1. The normalized spacial score (nSPS) is 15.0. The number of benzene rings is 1. The van der Waals surface area contributed by atoms with Crippen LogP contribution in [0.4, 0.5) is 10.1 Å². The van der Waals surface area contributed by atoms with E-state index in [1.54, 1.807) is 23.1 Å². The van der Waals surface area contributed by atoms with Gasteiger partial charge in [-0.3, -0.25) is 9.78 Å². The van der Waals surface area contributed by atoms with Crippen LogP contribution in [0, 0.1) is 5.82 Å². The van der Waals surface area contributed by atoms with Crippen LogP contribution in [0.5, 0.6) is 5.75 Å². The van der Waals surface area contributed by atoms with E-state index in [0.717, 1.165) is 0 Å². The smallest absolute Gasteiger partial charge is 0.255 e. The first-order valence-corrected chi connectivity index (χ1v) is 7.08. The SMILES string of the molecule is O=C(c1cncc(O)c1)N1CCN(c2ccccc2F)CC1. The molecule has 114 valence electrons. The summed E-state index contributed by atoms with van der Waals surface area (Å²) >= 11 is 0. The van der Waals surface area contributed by atoms with Crippen LogP contribution in [0.25, 0.3) is 0 Å². The number of anilines is 1. The zero-order valence-electron chi connectivity index (χ0n) is 11.9. The summed E-state index contributed by atoms with van der Waals surface area (Å²) in [5, 5.41) is 9.40. The van der Waals surface area contributed by atoms with Crippen LogP contribution in [0.1, 0.15) is 10.4 Å². The average molecular weight is 301 g/mol. The summed E-state index contributed by atoms with van der Waals surface area (Å²) < 4.78 is 13.8. The molecule has 5 nitrogen and oxygen atoms in total. The molecule has 0 unspecified atom stereocenters. The molecule has 3 rings (SSSR count). The Balaban J connectivity index is 1.67. The van der Waals surface area contributed by atoms with E-state index in [1.165, 1.54) is 24.5 Å². The quantitative estimate of drug-likeness (QED) is 0.920. The highest BCUT2D eigenvalue weighted by Crippen LogP contribution is 2.21. The van der Waals surface area contributed by atoms with Gasteiger partial charge in [-0.05, 0) is 18.2 Å². The number of hydrogen-bond acceptors (Lipinski definition) is 4. The van der Waals surface area contributed by atoms with Gasteiger partial charge in [-0.2, -0.15) is 0 Å². The maximum atomic E-state index is 13.8. The first-order chi connectivity index (χ1) is 10.6. The number of para-hydroxylation sites is 1. The molecule has 6 heteroatoms. The molecular formula is C16H16FN3O2. The molecule has 0 atom stereocenters. The van der Waals surface area contributed by atoms with Crippen LogP contribution >= 0.6 is 0 Å². The van der Waals surface area contributed by atoms with E-state index in [-0.39, 0.29) is 17.5 Å². The fraction of sp³-hybridized carbons (Fsp3) is 0.250. The number of aromatic hydroxyl groups is 1. The third kappa shape index (κ3) is 2.86. The van der Waals surface area contributed by atoms with Crippen molar-refractivity contribution in [2.24, 2.45) is 0 Å². The number of aromatic nitrogens is 1. The predicted octanol–water partition coefficient (Wildman–Crippen LogP) is 1.89. The molecule has 1 amide bonds. The van der Waals surface area contributed by atoms with Crippen LogP contribution < -0.4 is 4.90 Å². The van der Waals surface area contributed by atoms with E-state index in [9.17, 15) is 14.3 Å². The number of hydrogen-bond donors (Lipinski definition) is 1. The van der Waals surface area contributed by atoms with Crippen molar-refractivity contribution in [1.29, 1.82) is 0 Å². The first-order valence-electron chi connectivity index (χ1n) is 7.08. The molecule has 0 aliphatic carbocycles. The van der Waals surface area contributed by atoms with Gasteiger partial charge in [0, 0.05) is 32.4 Å². The minimum Gasteiger partial charge on any atom is -0.506 e. The number of pyridine rings is 1. The Labute approximate surface area is 127 Å². The van der Waals surface area contributed by atoms with Crippen molar-refractivity contribution in [3.8, 4) is 5.75 Å². The van der Waals surface area contributed by atoms with Gasteiger partial charge in [0.2, 0.25) is 0 Å². The maximum absolute atomic E-state index is 13.8. The van der Waals surface area contributed by atoms with Gasteiger partial charge in [-0.1, -0.05) is 12.1 Å². The number of amides is 1. The van der Waals surface area contributed by atoms with Gasteiger partial charge in [-0.15, -0.1) is 0 Å². The summed E-state index contributed by atoms with van der Waals surface area (Å²) in [6, 6.07) is 8.04. The van der Waals surface area contributed by atoms with Gasteiger partial charge in [0.25, 0.3) is 5.91 Å². The van der Waals surface area contributed by atoms with Crippen molar-refractivity contribution in [2.75, 3.05) is 31.1 Å². The molecule has 1 fully saturated rings. The zero-order chi connectivity index (χ0) is 15.5. The van der Waals surface area contributed by atoms with E-state index in [0.29, 0.717) is 37.4 Å². The van der Waals surface area contributed by atoms with Gasteiger partial charge >= 0.3 is 0 Å². The molecule has 2 heterocycles. The van der Waals surface area contributed by atoms with Crippen LogP contribution in [0.15, 0.2) is 42.7 Å². The Hall–Kier alpha value is -2.63. The summed E-state index contributed by atoms with van der Waals surface area (Å²) in [4.78, 5) is 19.8. The Morgan fingerprint density at radius 1 is 1.14 bits per heavy atom. The Morgan fingerprint density at radius 3 is 2.55 bits per heavy atom. The van der Waals surface area contributed by atoms with E-state index in [4.69, 9.17) is 0 Å². The molecule has 0 saturated carbocycles. The van der Waals surface area contributed by atoms with Gasteiger partial charge in [0.1, 0.15) is 11.6 Å². The lowest BCUT2D eigenvalue weighted by molar-refractivity contribution is 0.0745. The van der Waals surface area contributed by atoms with Gasteiger partial charge in [-0.25, -0.2) is 4.39 Å². The van der Waals surface area contributed by atoms with Crippen LogP contribution in [-0.4, -0.2) is 47.1 Å². The van der Waals surface area contributed by atoms with E-state index in [1.807, 2.05) is 4.90 Å². The predicted molar refractivity (Wildman–Crippen MR) is 80.4 cm³/mol. The van der Waals surface area contributed by atoms with Crippen molar-refractivity contribution in [2.45, 2.75) is 0 Å². The molecule has 1 aliphatic heterocycles. The molecular weight excluding hydrogens is 285 g/mol. The molecule has 1 saturated heterocycles. The largest absolute Gasteiger partial charge is 0.506 e. The number of halogens is 1. The van der Waals surface area contributed by atoms with Gasteiger partial charge < -0.3 is 14.9 Å². The van der Waals surface area contributed by atoms with Crippen molar-refractivity contribution in [1.82, 2.24) is 9.88 Å². The maximum Gasteiger partial charge on any atom is 0.255 e. The molecule has 22 heavy (non-hydrogen) atoms. The summed E-state index contributed by atoms with van der Waals surface area (Å²) in [5.74, 6) is -0.452. The number of carbonyl (C=O) groups excluding carboxylic acids is 1. The molecule has 1 aromatic heterocycles. The number of rotatable bonds is 2. The lowest BCUT2D eigenvalue weighted by Gasteiger charge is -2.36. The Morgan fingerprint density at radius 2 is 1.86 bits per heavy atom. The molecule has 1 aliphatic rings. The fourth-order valence-electron chi connectivity index (χ4n) is 2.59. The molecule has 2 aromatic rings. The van der Waals surface area contributed by atoms with Gasteiger partial charge in [0.05, 0.1) is 17.4 Å². The number of nitrogens with zero attached hydrogens (tertiary/aromatic N) is 3. The molecule has 0 bridgehead atoms. The zero-order valence-corrected chi connectivity index (χ0v) is 11.9.